The number of hydrogen-bond acceptors (Lipinski definition) is 0. The number of hydrogen-bond donors (Lipinski definition) is 0. The van der Waals surface area contributed by atoms with Crippen LogP contribution in [-0.4, -0.2) is 7.85 Å². The van der Waals surface area contributed by atoms with Gasteiger partial charge in [0.05, 0.1) is 7.85 Å². The molecule has 0 bridgehead atoms. The molecule has 0 saturated heterocycles. The molecule has 0 N–H and O–H groups in total. The van der Waals surface area contributed by atoms with Gasteiger partial charge in [0.25, 0.3) is 0 Å². The van der Waals surface area contributed by atoms with Crippen LogP contribution in [0.3, 0.4) is 0 Å². The maximum Gasteiger partial charge on any atom is 0.0760 e. The normalized spacial score (nSPS) is 13.0. The van der Waals surface area contributed by atoms with Gasteiger partial charge in [0.2, 0.25) is 0 Å². The van der Waals surface area contributed by atoms with Crippen molar-refractivity contribution >= 4 is 23.8 Å². The Morgan fingerprint density at radius 3 is 1.57 bits per heavy atom. The van der Waals surface area contributed by atoms with Crippen LogP contribution in [-0.2, 0) is 0 Å². The van der Waals surface area contributed by atoms with Crippen molar-refractivity contribution in [3.05, 3.63) is 32.3 Å². The van der Waals surface area contributed by atoms with Crippen LogP contribution < -0.4 is 0 Å². The van der Waals surface area contributed by atoms with Gasteiger partial charge >= 0.3 is 0 Å². The van der Waals surface area contributed by atoms with Crippen molar-refractivity contribution in [2.75, 3.05) is 0 Å². The topological polar surface area (TPSA) is 0 Å². The standard InChI is InChI=1S/C12H16BBr/c1-6-8(3)12(14)9(4)7(2)11(6)10(5)13/h10H,1-5H3. The number of halogens is 1. The van der Waals surface area contributed by atoms with Crippen LogP contribution >= 0.6 is 15.9 Å². The van der Waals surface area contributed by atoms with E-state index in [9.17, 15) is 0 Å². The molecular weight excluding hydrogens is 235 g/mol. The van der Waals surface area contributed by atoms with E-state index in [0.717, 1.165) is 0 Å². The van der Waals surface area contributed by atoms with Crippen molar-refractivity contribution < 1.29 is 0 Å². The Kier molecular flexibility index (Phi) is 3.46. The number of rotatable bonds is 1. The average molecular weight is 251 g/mol. The quantitative estimate of drug-likeness (QED) is 0.663. The van der Waals surface area contributed by atoms with Gasteiger partial charge in [-0.15, -0.1) is 0 Å². The zero-order valence-electron chi connectivity index (χ0n) is 9.53. The van der Waals surface area contributed by atoms with Crippen LogP contribution in [0.15, 0.2) is 4.47 Å². The third kappa shape index (κ3) is 1.77. The lowest BCUT2D eigenvalue weighted by molar-refractivity contribution is 1.01. The molecule has 1 atom stereocenters. The Bertz CT molecular complexity index is 338. The fourth-order valence-electron chi connectivity index (χ4n) is 1.98. The van der Waals surface area contributed by atoms with Crippen molar-refractivity contribution in [3.8, 4) is 0 Å². The minimum Gasteiger partial charge on any atom is -0.0664 e. The highest BCUT2D eigenvalue weighted by molar-refractivity contribution is 9.10. The zero-order chi connectivity index (χ0) is 11.0. The van der Waals surface area contributed by atoms with Crippen molar-refractivity contribution in [1.29, 1.82) is 0 Å². The summed E-state index contributed by atoms with van der Waals surface area (Å²) in [6.45, 7) is 10.6. The Morgan fingerprint density at radius 2 is 1.29 bits per heavy atom. The summed E-state index contributed by atoms with van der Waals surface area (Å²) in [7, 11) is 5.99. The lowest BCUT2D eigenvalue weighted by Crippen LogP contribution is -2.04. The lowest BCUT2D eigenvalue weighted by Gasteiger charge is -2.20. The first-order chi connectivity index (χ1) is 6.37. The van der Waals surface area contributed by atoms with Gasteiger partial charge in [0.15, 0.2) is 0 Å². The molecule has 2 heteroatoms. The molecule has 0 aliphatic rings. The van der Waals surface area contributed by atoms with Crippen molar-refractivity contribution in [1.82, 2.24) is 0 Å². The molecule has 14 heavy (non-hydrogen) atoms. The van der Waals surface area contributed by atoms with Gasteiger partial charge in [-0.05, 0) is 55.5 Å². The fraction of sp³-hybridized carbons (Fsp3) is 0.500. The van der Waals surface area contributed by atoms with Crippen LogP contribution in [0.4, 0.5) is 0 Å². The largest absolute Gasteiger partial charge is 0.0760 e. The minimum atomic E-state index is 0.112. The third-order valence-corrected chi connectivity index (χ3v) is 4.24. The Balaban J connectivity index is 3.60. The molecule has 0 fully saturated rings. The van der Waals surface area contributed by atoms with E-state index in [4.69, 9.17) is 7.85 Å². The van der Waals surface area contributed by atoms with Gasteiger partial charge in [0, 0.05) is 4.47 Å². The highest BCUT2D eigenvalue weighted by Crippen LogP contribution is 2.33. The van der Waals surface area contributed by atoms with E-state index in [1.54, 1.807) is 0 Å². The molecule has 0 aliphatic heterocycles. The van der Waals surface area contributed by atoms with E-state index in [2.05, 4.69) is 43.6 Å². The lowest BCUT2D eigenvalue weighted by atomic mass is 9.77. The minimum absolute atomic E-state index is 0.112. The molecule has 0 nitrogen and oxygen atoms in total. The van der Waals surface area contributed by atoms with E-state index >= 15 is 0 Å². The Hall–Kier alpha value is -0.235. The molecule has 2 radical (unpaired) electrons. The van der Waals surface area contributed by atoms with Gasteiger partial charge in [-0.2, -0.15) is 0 Å². The smallest absolute Gasteiger partial charge is 0.0664 e. The molecule has 0 aliphatic carbocycles. The zero-order valence-corrected chi connectivity index (χ0v) is 11.1. The summed E-state index contributed by atoms with van der Waals surface area (Å²) in [6.07, 6.45) is 0. The highest BCUT2D eigenvalue weighted by Gasteiger charge is 2.14. The molecular formula is C12H16BBr. The predicted octanol–water partition coefficient (Wildman–Crippen LogP) is 3.91. The van der Waals surface area contributed by atoms with Gasteiger partial charge in [-0.25, -0.2) is 0 Å². The summed E-state index contributed by atoms with van der Waals surface area (Å²) in [4.78, 5) is 0. The second-order valence-corrected chi connectivity index (χ2v) is 4.81. The molecule has 0 saturated carbocycles. The molecule has 0 heterocycles. The van der Waals surface area contributed by atoms with Gasteiger partial charge in [-0.3, -0.25) is 0 Å². The van der Waals surface area contributed by atoms with Gasteiger partial charge in [-0.1, -0.05) is 28.7 Å². The molecule has 1 unspecified atom stereocenters. The van der Waals surface area contributed by atoms with E-state index < -0.39 is 0 Å². The van der Waals surface area contributed by atoms with Crippen molar-refractivity contribution in [2.45, 2.75) is 40.4 Å². The SMILES string of the molecule is [B]C(C)c1c(C)c(C)c(Br)c(C)c1C. The summed E-state index contributed by atoms with van der Waals surface area (Å²) >= 11 is 3.62. The molecule has 74 valence electrons. The van der Waals surface area contributed by atoms with Crippen LogP contribution in [0, 0.1) is 27.7 Å². The average Bonchev–Trinajstić information content (AvgIpc) is 2.11. The molecule has 0 amide bonds. The highest BCUT2D eigenvalue weighted by atomic mass is 79.9. The monoisotopic (exact) mass is 250 g/mol. The number of benzene rings is 1. The van der Waals surface area contributed by atoms with E-state index in [1.807, 2.05) is 6.92 Å². The van der Waals surface area contributed by atoms with Crippen molar-refractivity contribution in [2.24, 2.45) is 0 Å². The van der Waals surface area contributed by atoms with Crippen molar-refractivity contribution in [3.63, 3.8) is 0 Å². The van der Waals surface area contributed by atoms with Crippen LogP contribution in [0.1, 0.15) is 40.6 Å². The summed E-state index contributed by atoms with van der Waals surface area (Å²) in [5.41, 5.74) is 6.54. The Labute approximate surface area is 96.6 Å². The first-order valence-electron chi connectivity index (χ1n) is 4.89. The first kappa shape index (κ1) is 11.8. The maximum atomic E-state index is 5.99. The predicted molar refractivity (Wildman–Crippen MR) is 67.3 cm³/mol. The summed E-state index contributed by atoms with van der Waals surface area (Å²) in [5.74, 6) is 0.112. The molecule has 0 aromatic heterocycles. The van der Waals surface area contributed by atoms with E-state index in [1.165, 1.54) is 32.3 Å². The fourth-order valence-corrected chi connectivity index (χ4v) is 2.57. The van der Waals surface area contributed by atoms with E-state index in [-0.39, 0.29) is 5.82 Å². The van der Waals surface area contributed by atoms with Gasteiger partial charge < -0.3 is 0 Å². The summed E-state index contributed by atoms with van der Waals surface area (Å²) in [6, 6.07) is 0. The second kappa shape index (κ2) is 4.10. The van der Waals surface area contributed by atoms with Crippen LogP contribution in [0.2, 0.25) is 0 Å². The molecule has 1 rings (SSSR count). The molecule has 0 spiro atoms. The summed E-state index contributed by atoms with van der Waals surface area (Å²) < 4.78 is 1.22. The third-order valence-electron chi connectivity index (χ3n) is 3.05. The van der Waals surface area contributed by atoms with Crippen LogP contribution in [0.25, 0.3) is 0 Å². The summed E-state index contributed by atoms with van der Waals surface area (Å²) in [5, 5.41) is 0. The second-order valence-electron chi connectivity index (χ2n) is 4.02. The maximum absolute atomic E-state index is 5.99. The van der Waals surface area contributed by atoms with Crippen LogP contribution in [0.5, 0.6) is 0 Å². The molecule has 1 aromatic carbocycles. The molecule has 1 aromatic rings. The van der Waals surface area contributed by atoms with E-state index in [0.29, 0.717) is 0 Å². The first-order valence-corrected chi connectivity index (χ1v) is 5.68. The van der Waals surface area contributed by atoms with Gasteiger partial charge in [0.1, 0.15) is 0 Å². The Morgan fingerprint density at radius 1 is 0.929 bits per heavy atom.